The summed E-state index contributed by atoms with van der Waals surface area (Å²) in [5.41, 5.74) is 3.14. The quantitative estimate of drug-likeness (QED) is 0.829. The number of hydrogen-bond acceptors (Lipinski definition) is 3. The summed E-state index contributed by atoms with van der Waals surface area (Å²) in [6, 6.07) is 2.77. The van der Waals surface area contributed by atoms with Crippen molar-refractivity contribution < 1.29 is 13.2 Å². The van der Waals surface area contributed by atoms with Crippen molar-refractivity contribution >= 4 is 0 Å². The van der Waals surface area contributed by atoms with Crippen LogP contribution < -0.4 is 0 Å². The standard InChI is InChI=1S/C17H23F3N4/c1-11(2)24(10-15-12(3)22-23(5)13(15)4)9-14-6-7-16(21-8-14)17(18,19)20/h6-8,11H,9-10H2,1-5H3. The van der Waals surface area contributed by atoms with Crippen molar-refractivity contribution in [1.29, 1.82) is 0 Å². The van der Waals surface area contributed by atoms with Crippen LogP contribution in [0.25, 0.3) is 0 Å². The first-order valence-corrected chi connectivity index (χ1v) is 7.85. The van der Waals surface area contributed by atoms with Gasteiger partial charge >= 0.3 is 6.18 Å². The highest BCUT2D eigenvalue weighted by Gasteiger charge is 2.32. The van der Waals surface area contributed by atoms with Gasteiger partial charge in [0.25, 0.3) is 0 Å². The lowest BCUT2D eigenvalue weighted by atomic mass is 10.1. The third-order valence-corrected chi connectivity index (χ3v) is 4.25. The summed E-state index contributed by atoms with van der Waals surface area (Å²) in [4.78, 5) is 5.74. The van der Waals surface area contributed by atoms with E-state index in [1.165, 1.54) is 12.3 Å². The summed E-state index contributed by atoms with van der Waals surface area (Å²) >= 11 is 0. The number of halogens is 3. The molecule has 2 aromatic rings. The fourth-order valence-electron chi connectivity index (χ4n) is 2.59. The summed E-state index contributed by atoms with van der Waals surface area (Å²) in [5, 5.41) is 4.42. The zero-order valence-corrected chi connectivity index (χ0v) is 14.6. The van der Waals surface area contributed by atoms with Gasteiger partial charge < -0.3 is 0 Å². The van der Waals surface area contributed by atoms with Gasteiger partial charge in [-0.1, -0.05) is 6.07 Å². The Morgan fingerprint density at radius 3 is 2.25 bits per heavy atom. The van der Waals surface area contributed by atoms with E-state index in [0.29, 0.717) is 13.1 Å². The van der Waals surface area contributed by atoms with Crippen LogP contribution in [0.3, 0.4) is 0 Å². The summed E-state index contributed by atoms with van der Waals surface area (Å²) in [6.45, 7) is 9.37. The average Bonchev–Trinajstić information content (AvgIpc) is 2.72. The minimum absolute atomic E-state index is 0.242. The number of aromatic nitrogens is 3. The average molecular weight is 340 g/mol. The molecule has 24 heavy (non-hydrogen) atoms. The number of aryl methyl sites for hydroxylation is 2. The van der Waals surface area contributed by atoms with E-state index in [1.807, 2.05) is 25.6 Å². The lowest BCUT2D eigenvalue weighted by Crippen LogP contribution is -2.30. The molecule has 0 aliphatic heterocycles. The van der Waals surface area contributed by atoms with E-state index in [-0.39, 0.29) is 6.04 Å². The van der Waals surface area contributed by atoms with Crippen LogP contribution in [0.5, 0.6) is 0 Å². The normalized spacial score (nSPS) is 12.4. The van der Waals surface area contributed by atoms with Crippen molar-refractivity contribution in [3.63, 3.8) is 0 Å². The highest BCUT2D eigenvalue weighted by atomic mass is 19.4. The molecule has 0 spiro atoms. The molecule has 0 unspecified atom stereocenters. The van der Waals surface area contributed by atoms with Crippen LogP contribution in [0.15, 0.2) is 18.3 Å². The predicted octanol–water partition coefficient (Wildman–Crippen LogP) is 3.86. The molecular formula is C17H23F3N4. The molecular weight excluding hydrogens is 317 g/mol. The molecule has 132 valence electrons. The maximum absolute atomic E-state index is 12.6. The van der Waals surface area contributed by atoms with Crippen molar-refractivity contribution in [3.8, 4) is 0 Å². The summed E-state index contributed by atoms with van der Waals surface area (Å²) < 4.78 is 39.7. The Kier molecular flexibility index (Phi) is 5.32. The van der Waals surface area contributed by atoms with Crippen molar-refractivity contribution in [3.05, 3.63) is 46.5 Å². The van der Waals surface area contributed by atoms with Gasteiger partial charge in [0, 0.05) is 43.6 Å². The number of nitrogens with zero attached hydrogens (tertiary/aromatic N) is 4. The minimum Gasteiger partial charge on any atom is -0.292 e. The van der Waals surface area contributed by atoms with E-state index in [9.17, 15) is 13.2 Å². The van der Waals surface area contributed by atoms with Crippen LogP contribution in [0.4, 0.5) is 13.2 Å². The van der Waals surface area contributed by atoms with Gasteiger partial charge in [-0.2, -0.15) is 18.3 Å². The van der Waals surface area contributed by atoms with Crippen molar-refractivity contribution in [2.24, 2.45) is 7.05 Å². The fourth-order valence-corrected chi connectivity index (χ4v) is 2.59. The second-order valence-electron chi connectivity index (χ2n) is 6.32. The Morgan fingerprint density at radius 2 is 1.83 bits per heavy atom. The van der Waals surface area contributed by atoms with Gasteiger partial charge in [0.1, 0.15) is 5.69 Å². The Morgan fingerprint density at radius 1 is 1.17 bits per heavy atom. The monoisotopic (exact) mass is 340 g/mol. The molecule has 0 radical (unpaired) electrons. The van der Waals surface area contributed by atoms with Gasteiger partial charge in [0.05, 0.1) is 5.69 Å². The molecule has 0 N–H and O–H groups in total. The maximum Gasteiger partial charge on any atom is 0.433 e. The van der Waals surface area contributed by atoms with E-state index in [0.717, 1.165) is 28.6 Å². The van der Waals surface area contributed by atoms with Crippen LogP contribution in [-0.4, -0.2) is 25.7 Å². The second-order valence-corrected chi connectivity index (χ2v) is 6.32. The molecule has 4 nitrogen and oxygen atoms in total. The molecule has 2 heterocycles. The van der Waals surface area contributed by atoms with Gasteiger partial charge in [-0.15, -0.1) is 0 Å². The third-order valence-electron chi connectivity index (χ3n) is 4.25. The molecule has 2 rings (SSSR count). The Balaban J connectivity index is 2.17. The first-order valence-electron chi connectivity index (χ1n) is 7.85. The number of hydrogen-bond donors (Lipinski definition) is 0. The van der Waals surface area contributed by atoms with Gasteiger partial charge in [-0.05, 0) is 39.3 Å². The van der Waals surface area contributed by atoms with Crippen LogP contribution in [0.1, 0.15) is 42.1 Å². The van der Waals surface area contributed by atoms with E-state index in [2.05, 4.69) is 28.8 Å². The van der Waals surface area contributed by atoms with Crippen LogP contribution >= 0.6 is 0 Å². The lowest BCUT2D eigenvalue weighted by Gasteiger charge is -2.26. The second kappa shape index (κ2) is 6.93. The lowest BCUT2D eigenvalue weighted by molar-refractivity contribution is -0.141. The first kappa shape index (κ1) is 18.4. The highest BCUT2D eigenvalue weighted by molar-refractivity contribution is 5.24. The first-order chi connectivity index (χ1) is 11.1. The predicted molar refractivity (Wildman–Crippen MR) is 86.3 cm³/mol. The van der Waals surface area contributed by atoms with Crippen molar-refractivity contribution in [1.82, 2.24) is 19.7 Å². The van der Waals surface area contributed by atoms with Crippen molar-refractivity contribution in [2.45, 2.75) is 53.0 Å². The molecule has 0 amide bonds. The topological polar surface area (TPSA) is 34.0 Å². The summed E-state index contributed by atoms with van der Waals surface area (Å²) in [7, 11) is 1.91. The fraction of sp³-hybridized carbons (Fsp3) is 0.529. The molecule has 0 saturated carbocycles. The SMILES string of the molecule is Cc1nn(C)c(C)c1CN(Cc1ccc(C(F)(F)F)nc1)C(C)C. The molecule has 0 atom stereocenters. The van der Waals surface area contributed by atoms with Gasteiger partial charge in [-0.25, -0.2) is 0 Å². The summed E-state index contributed by atoms with van der Waals surface area (Å²) in [6.07, 6.45) is -3.10. The van der Waals surface area contributed by atoms with Gasteiger partial charge in [0.15, 0.2) is 0 Å². The Hall–Kier alpha value is -1.89. The van der Waals surface area contributed by atoms with E-state index >= 15 is 0 Å². The molecule has 0 aromatic carbocycles. The minimum atomic E-state index is -4.40. The van der Waals surface area contributed by atoms with Gasteiger partial charge in [-0.3, -0.25) is 14.6 Å². The maximum atomic E-state index is 12.6. The summed E-state index contributed by atoms with van der Waals surface area (Å²) in [5.74, 6) is 0. The van der Waals surface area contributed by atoms with Crippen molar-refractivity contribution in [2.75, 3.05) is 0 Å². The Labute approximate surface area is 140 Å². The van der Waals surface area contributed by atoms with Crippen LogP contribution in [0, 0.1) is 13.8 Å². The molecule has 0 saturated heterocycles. The smallest absolute Gasteiger partial charge is 0.292 e. The molecule has 2 aromatic heterocycles. The van der Waals surface area contributed by atoms with E-state index in [4.69, 9.17) is 0 Å². The third kappa shape index (κ3) is 4.14. The largest absolute Gasteiger partial charge is 0.433 e. The highest BCUT2D eigenvalue weighted by Crippen LogP contribution is 2.27. The zero-order valence-electron chi connectivity index (χ0n) is 14.6. The van der Waals surface area contributed by atoms with Gasteiger partial charge in [0.2, 0.25) is 0 Å². The molecule has 0 aliphatic carbocycles. The molecule has 0 bridgehead atoms. The Bertz CT molecular complexity index is 687. The number of rotatable bonds is 5. The van der Waals surface area contributed by atoms with Crippen LogP contribution in [-0.2, 0) is 26.3 Å². The molecule has 0 fully saturated rings. The molecule has 0 aliphatic rings. The molecule has 7 heteroatoms. The van der Waals surface area contributed by atoms with E-state index in [1.54, 1.807) is 0 Å². The number of alkyl halides is 3. The number of pyridine rings is 1. The van der Waals surface area contributed by atoms with Crippen LogP contribution in [0.2, 0.25) is 0 Å². The van der Waals surface area contributed by atoms with E-state index < -0.39 is 11.9 Å². The zero-order chi connectivity index (χ0) is 18.1.